The van der Waals surface area contributed by atoms with Gasteiger partial charge in [-0.15, -0.1) is 12.4 Å². The van der Waals surface area contributed by atoms with E-state index in [1.807, 2.05) is 0 Å². The molecule has 0 aromatic carbocycles. The van der Waals surface area contributed by atoms with Gasteiger partial charge in [-0.2, -0.15) is 0 Å². The molecule has 9 heavy (non-hydrogen) atoms. The summed E-state index contributed by atoms with van der Waals surface area (Å²) in [7, 11) is 0. The predicted octanol–water partition coefficient (Wildman–Crippen LogP) is 0.792. The lowest BCUT2D eigenvalue weighted by molar-refractivity contribution is 0.120. The SMILES string of the molecule is CC1CC(CN)CO1.Cl. The molecule has 2 atom stereocenters. The first kappa shape index (κ1) is 9.21. The summed E-state index contributed by atoms with van der Waals surface area (Å²) in [6, 6.07) is 0. The minimum absolute atomic E-state index is 0. The monoisotopic (exact) mass is 151 g/mol. The molecule has 0 radical (unpaired) electrons. The topological polar surface area (TPSA) is 35.2 Å². The summed E-state index contributed by atoms with van der Waals surface area (Å²) in [5, 5.41) is 0. The summed E-state index contributed by atoms with van der Waals surface area (Å²) in [6.45, 7) is 3.75. The van der Waals surface area contributed by atoms with Crippen LogP contribution in [-0.4, -0.2) is 19.3 Å². The van der Waals surface area contributed by atoms with Crippen LogP contribution in [0.3, 0.4) is 0 Å². The molecule has 0 amide bonds. The molecule has 0 bridgehead atoms. The lowest BCUT2D eigenvalue weighted by atomic mass is 10.1. The number of hydrogen-bond acceptors (Lipinski definition) is 2. The van der Waals surface area contributed by atoms with Crippen LogP contribution in [-0.2, 0) is 4.74 Å². The van der Waals surface area contributed by atoms with Gasteiger partial charge in [-0.3, -0.25) is 0 Å². The van der Waals surface area contributed by atoms with Crippen LogP contribution in [0.15, 0.2) is 0 Å². The van der Waals surface area contributed by atoms with Crippen molar-refractivity contribution in [2.24, 2.45) is 11.7 Å². The molecule has 1 aliphatic rings. The Morgan fingerprint density at radius 2 is 2.33 bits per heavy atom. The molecule has 1 saturated heterocycles. The van der Waals surface area contributed by atoms with Gasteiger partial charge in [-0.1, -0.05) is 0 Å². The highest BCUT2D eigenvalue weighted by molar-refractivity contribution is 5.85. The van der Waals surface area contributed by atoms with Gasteiger partial charge in [0.15, 0.2) is 0 Å². The smallest absolute Gasteiger partial charge is 0.0551 e. The van der Waals surface area contributed by atoms with Crippen molar-refractivity contribution in [3.8, 4) is 0 Å². The zero-order valence-corrected chi connectivity index (χ0v) is 6.49. The second-order valence-corrected chi connectivity index (χ2v) is 2.48. The highest BCUT2D eigenvalue weighted by Crippen LogP contribution is 2.16. The average Bonchev–Trinajstić information content (AvgIpc) is 2.14. The van der Waals surface area contributed by atoms with Crippen LogP contribution in [0.1, 0.15) is 13.3 Å². The minimum Gasteiger partial charge on any atom is -0.378 e. The van der Waals surface area contributed by atoms with Gasteiger partial charge in [0.25, 0.3) is 0 Å². The van der Waals surface area contributed by atoms with E-state index >= 15 is 0 Å². The molecule has 0 aliphatic carbocycles. The van der Waals surface area contributed by atoms with Gasteiger partial charge in [-0.25, -0.2) is 0 Å². The largest absolute Gasteiger partial charge is 0.378 e. The molecule has 1 fully saturated rings. The first-order chi connectivity index (χ1) is 3.83. The van der Waals surface area contributed by atoms with Crippen LogP contribution < -0.4 is 5.73 Å². The Kier molecular flexibility index (Phi) is 4.19. The van der Waals surface area contributed by atoms with E-state index in [2.05, 4.69) is 6.92 Å². The number of rotatable bonds is 1. The minimum atomic E-state index is 0. The van der Waals surface area contributed by atoms with Crippen molar-refractivity contribution in [1.82, 2.24) is 0 Å². The Bertz CT molecular complexity index is 79.5. The van der Waals surface area contributed by atoms with Crippen LogP contribution in [0, 0.1) is 5.92 Å². The summed E-state index contributed by atoms with van der Waals surface area (Å²) in [5.74, 6) is 0.630. The van der Waals surface area contributed by atoms with Crippen molar-refractivity contribution in [1.29, 1.82) is 0 Å². The van der Waals surface area contributed by atoms with Crippen LogP contribution in [0.25, 0.3) is 0 Å². The number of halogens is 1. The Hall–Kier alpha value is 0.210. The van der Waals surface area contributed by atoms with Gasteiger partial charge in [0, 0.05) is 0 Å². The molecular formula is C6H14ClNO. The van der Waals surface area contributed by atoms with Gasteiger partial charge >= 0.3 is 0 Å². The maximum atomic E-state index is 5.42. The Morgan fingerprint density at radius 1 is 1.67 bits per heavy atom. The number of hydrogen-bond donors (Lipinski definition) is 1. The Morgan fingerprint density at radius 3 is 2.56 bits per heavy atom. The van der Waals surface area contributed by atoms with E-state index in [0.717, 1.165) is 19.6 Å². The van der Waals surface area contributed by atoms with E-state index in [1.165, 1.54) is 0 Å². The van der Waals surface area contributed by atoms with Crippen molar-refractivity contribution < 1.29 is 4.74 Å². The van der Waals surface area contributed by atoms with Crippen LogP contribution in [0.5, 0.6) is 0 Å². The highest BCUT2D eigenvalue weighted by Gasteiger charge is 2.19. The number of ether oxygens (including phenoxy) is 1. The lowest BCUT2D eigenvalue weighted by Gasteiger charge is -1.98. The molecule has 0 aromatic rings. The standard InChI is InChI=1S/C6H13NO.ClH/c1-5-2-6(3-7)4-8-5;/h5-6H,2-4,7H2,1H3;1H. The van der Waals surface area contributed by atoms with Gasteiger partial charge in [0.1, 0.15) is 0 Å². The van der Waals surface area contributed by atoms with Crippen LogP contribution in [0.4, 0.5) is 0 Å². The van der Waals surface area contributed by atoms with E-state index in [1.54, 1.807) is 0 Å². The third-order valence-corrected chi connectivity index (χ3v) is 1.62. The van der Waals surface area contributed by atoms with E-state index < -0.39 is 0 Å². The summed E-state index contributed by atoms with van der Waals surface area (Å²) in [5.41, 5.74) is 5.42. The maximum Gasteiger partial charge on any atom is 0.0551 e. The molecule has 56 valence electrons. The van der Waals surface area contributed by atoms with Gasteiger partial charge in [0.2, 0.25) is 0 Å². The Labute approximate surface area is 62.2 Å². The van der Waals surface area contributed by atoms with Crippen molar-refractivity contribution in [2.45, 2.75) is 19.4 Å². The Balaban J connectivity index is 0.000000640. The molecule has 3 heteroatoms. The molecule has 0 saturated carbocycles. The van der Waals surface area contributed by atoms with E-state index in [0.29, 0.717) is 12.0 Å². The van der Waals surface area contributed by atoms with E-state index in [4.69, 9.17) is 10.5 Å². The molecule has 1 rings (SSSR count). The molecule has 1 heterocycles. The molecule has 0 spiro atoms. The molecule has 1 aliphatic heterocycles. The third-order valence-electron chi connectivity index (χ3n) is 1.62. The fourth-order valence-electron chi connectivity index (χ4n) is 1.07. The summed E-state index contributed by atoms with van der Waals surface area (Å²) >= 11 is 0. The summed E-state index contributed by atoms with van der Waals surface area (Å²) in [6.07, 6.45) is 1.60. The lowest BCUT2D eigenvalue weighted by Crippen LogP contribution is -2.13. The third kappa shape index (κ3) is 2.52. The van der Waals surface area contributed by atoms with E-state index in [-0.39, 0.29) is 12.4 Å². The second-order valence-electron chi connectivity index (χ2n) is 2.48. The summed E-state index contributed by atoms with van der Waals surface area (Å²) in [4.78, 5) is 0. The molecule has 2 unspecified atom stereocenters. The van der Waals surface area contributed by atoms with Crippen LogP contribution in [0.2, 0.25) is 0 Å². The predicted molar refractivity (Wildman–Crippen MR) is 39.8 cm³/mol. The van der Waals surface area contributed by atoms with Gasteiger partial charge in [0.05, 0.1) is 12.7 Å². The fourth-order valence-corrected chi connectivity index (χ4v) is 1.07. The van der Waals surface area contributed by atoms with Crippen molar-refractivity contribution in [3.05, 3.63) is 0 Å². The van der Waals surface area contributed by atoms with Crippen molar-refractivity contribution in [3.63, 3.8) is 0 Å². The van der Waals surface area contributed by atoms with Gasteiger partial charge < -0.3 is 10.5 Å². The molecule has 0 aromatic heterocycles. The maximum absolute atomic E-state index is 5.42. The zero-order chi connectivity index (χ0) is 5.98. The average molecular weight is 152 g/mol. The highest BCUT2D eigenvalue weighted by atomic mass is 35.5. The first-order valence-corrected chi connectivity index (χ1v) is 3.14. The quantitative estimate of drug-likeness (QED) is 0.602. The first-order valence-electron chi connectivity index (χ1n) is 3.14. The van der Waals surface area contributed by atoms with Gasteiger partial charge in [-0.05, 0) is 25.8 Å². The van der Waals surface area contributed by atoms with Crippen LogP contribution >= 0.6 is 12.4 Å². The molecular weight excluding hydrogens is 138 g/mol. The van der Waals surface area contributed by atoms with E-state index in [9.17, 15) is 0 Å². The molecule has 2 N–H and O–H groups in total. The number of nitrogens with two attached hydrogens (primary N) is 1. The normalized spacial score (nSPS) is 34.0. The zero-order valence-electron chi connectivity index (χ0n) is 5.67. The fraction of sp³-hybridized carbons (Fsp3) is 1.00. The molecule has 2 nitrogen and oxygen atoms in total. The van der Waals surface area contributed by atoms with Crippen molar-refractivity contribution in [2.75, 3.05) is 13.2 Å². The van der Waals surface area contributed by atoms with Crippen molar-refractivity contribution >= 4 is 12.4 Å². The second kappa shape index (κ2) is 4.09. The summed E-state index contributed by atoms with van der Waals surface area (Å²) < 4.78 is 5.28.